The van der Waals surface area contributed by atoms with Crippen LogP contribution in [-0.2, 0) is 5.72 Å². The Morgan fingerprint density at radius 2 is 1.83 bits per heavy atom. The Labute approximate surface area is 141 Å². The highest BCUT2D eigenvalue weighted by molar-refractivity contribution is 8.13. The summed E-state index contributed by atoms with van der Waals surface area (Å²) in [6, 6.07) is 18.5. The largest absolute Gasteiger partial charge is 0.346 e. The van der Waals surface area contributed by atoms with E-state index >= 15 is 0 Å². The van der Waals surface area contributed by atoms with Crippen molar-refractivity contribution in [1.82, 2.24) is 0 Å². The van der Waals surface area contributed by atoms with Crippen molar-refractivity contribution in [2.45, 2.75) is 19.1 Å². The van der Waals surface area contributed by atoms with E-state index in [9.17, 15) is 5.11 Å². The Kier molecular flexibility index (Phi) is 3.66. The highest BCUT2D eigenvalue weighted by Crippen LogP contribution is 2.38. The van der Waals surface area contributed by atoms with Gasteiger partial charge in [0.05, 0.1) is 6.54 Å². The Morgan fingerprint density at radius 3 is 2.61 bits per heavy atom. The van der Waals surface area contributed by atoms with Gasteiger partial charge < -0.3 is 5.11 Å². The molecule has 0 radical (unpaired) electrons. The van der Waals surface area contributed by atoms with Gasteiger partial charge in [0.25, 0.3) is 5.72 Å². The van der Waals surface area contributed by atoms with Crippen molar-refractivity contribution in [2.75, 3.05) is 23.7 Å². The minimum atomic E-state index is -0.952. The molecule has 0 amide bonds. The molecule has 3 nitrogen and oxygen atoms in total. The Morgan fingerprint density at radius 1 is 1.09 bits per heavy atom. The highest BCUT2D eigenvalue weighted by atomic mass is 32.2. The summed E-state index contributed by atoms with van der Waals surface area (Å²) in [5.74, 6) is 1.11. The monoisotopic (exact) mass is 325 g/mol. The first-order valence-corrected chi connectivity index (χ1v) is 9.07. The van der Waals surface area contributed by atoms with Gasteiger partial charge in [-0.25, -0.2) is 9.48 Å². The van der Waals surface area contributed by atoms with Gasteiger partial charge in [-0.15, -0.1) is 0 Å². The maximum absolute atomic E-state index is 11.5. The first kappa shape index (κ1) is 14.8. The molecule has 1 atom stereocenters. The summed E-state index contributed by atoms with van der Waals surface area (Å²) in [6.45, 7) is 3.61. The van der Waals surface area contributed by atoms with Crippen LogP contribution in [0.2, 0.25) is 0 Å². The molecule has 0 aromatic heterocycles. The topological polar surface area (TPSA) is 26.5 Å². The number of para-hydroxylation sites is 1. The van der Waals surface area contributed by atoms with Crippen LogP contribution in [0.15, 0.2) is 54.6 Å². The van der Waals surface area contributed by atoms with Crippen LogP contribution in [0.25, 0.3) is 0 Å². The zero-order chi connectivity index (χ0) is 15.9. The van der Waals surface area contributed by atoms with Crippen molar-refractivity contribution < 1.29 is 9.68 Å². The quantitative estimate of drug-likeness (QED) is 0.859. The molecule has 4 heteroatoms. The summed E-state index contributed by atoms with van der Waals surface area (Å²) >= 11 is 1.85. The molecular weight excluding hydrogens is 304 g/mol. The van der Waals surface area contributed by atoms with Crippen LogP contribution in [0.1, 0.15) is 17.5 Å². The fourth-order valence-corrected chi connectivity index (χ4v) is 4.68. The van der Waals surface area contributed by atoms with Gasteiger partial charge in [-0.1, -0.05) is 48.5 Å². The number of hydrogen-bond donors (Lipinski definition) is 1. The SMILES string of the molecule is Cc1ccccc1N1CC(O)(c2ccccc2)[N+]2=C1SCCC2. The minimum Gasteiger partial charge on any atom is -0.346 e. The van der Waals surface area contributed by atoms with Gasteiger partial charge >= 0.3 is 5.17 Å². The van der Waals surface area contributed by atoms with E-state index in [0.717, 1.165) is 24.3 Å². The predicted octanol–water partition coefficient (Wildman–Crippen LogP) is 3.17. The molecule has 0 saturated carbocycles. The molecule has 2 aliphatic rings. The second kappa shape index (κ2) is 5.69. The zero-order valence-corrected chi connectivity index (χ0v) is 14.1. The van der Waals surface area contributed by atoms with Crippen molar-refractivity contribution >= 4 is 22.6 Å². The number of hydrogen-bond acceptors (Lipinski definition) is 3. The molecule has 118 valence electrons. The number of anilines is 1. The number of aliphatic hydroxyl groups is 1. The van der Waals surface area contributed by atoms with E-state index in [2.05, 4.69) is 40.7 Å². The normalized spacial score (nSPS) is 24.0. The van der Waals surface area contributed by atoms with Gasteiger partial charge in [-0.3, -0.25) is 0 Å². The van der Waals surface area contributed by atoms with E-state index in [1.54, 1.807) is 0 Å². The third-order valence-electron chi connectivity index (χ3n) is 4.69. The van der Waals surface area contributed by atoms with Gasteiger partial charge in [0.15, 0.2) is 6.54 Å². The van der Waals surface area contributed by atoms with Crippen LogP contribution in [0.5, 0.6) is 0 Å². The maximum atomic E-state index is 11.5. The van der Waals surface area contributed by atoms with Crippen LogP contribution in [0.3, 0.4) is 0 Å². The van der Waals surface area contributed by atoms with Crippen LogP contribution in [0, 0.1) is 6.92 Å². The molecule has 4 rings (SSSR count). The lowest BCUT2D eigenvalue weighted by Gasteiger charge is -2.24. The number of thioether (sulfide) groups is 1. The van der Waals surface area contributed by atoms with Crippen LogP contribution in [-0.4, -0.2) is 33.7 Å². The molecule has 23 heavy (non-hydrogen) atoms. The molecule has 2 aliphatic heterocycles. The van der Waals surface area contributed by atoms with Gasteiger partial charge in [-0.05, 0) is 36.7 Å². The fourth-order valence-electron chi connectivity index (χ4n) is 3.51. The summed E-state index contributed by atoms with van der Waals surface area (Å²) in [6.07, 6.45) is 1.10. The second-order valence-corrected chi connectivity index (χ2v) is 7.25. The van der Waals surface area contributed by atoms with E-state index < -0.39 is 5.72 Å². The van der Waals surface area contributed by atoms with E-state index in [1.807, 2.05) is 42.1 Å². The molecule has 0 fully saturated rings. The average Bonchev–Trinajstić information content (AvgIpc) is 2.91. The number of amidine groups is 1. The summed E-state index contributed by atoms with van der Waals surface area (Å²) in [4.78, 5) is 2.28. The lowest BCUT2D eigenvalue weighted by Crippen LogP contribution is -2.41. The zero-order valence-electron chi connectivity index (χ0n) is 13.3. The molecule has 0 bridgehead atoms. The van der Waals surface area contributed by atoms with Crippen molar-refractivity contribution in [3.05, 3.63) is 65.7 Å². The van der Waals surface area contributed by atoms with E-state index in [4.69, 9.17) is 0 Å². The molecular formula is C19H21N2OS+. The summed E-state index contributed by atoms with van der Waals surface area (Å²) in [7, 11) is 0. The molecule has 2 aromatic carbocycles. The number of benzene rings is 2. The third kappa shape index (κ3) is 2.37. The molecule has 0 saturated heterocycles. The average molecular weight is 325 g/mol. The van der Waals surface area contributed by atoms with E-state index in [-0.39, 0.29) is 0 Å². The van der Waals surface area contributed by atoms with Crippen molar-refractivity contribution in [3.8, 4) is 0 Å². The molecule has 2 aromatic rings. The summed E-state index contributed by atoms with van der Waals surface area (Å²) in [5, 5.41) is 12.7. The van der Waals surface area contributed by atoms with E-state index in [0.29, 0.717) is 6.54 Å². The first-order valence-electron chi connectivity index (χ1n) is 8.08. The minimum absolute atomic E-state index is 0.574. The standard InChI is InChI=1S/C19H21N2OS/c1-15-8-5-6-11-17(15)20-14-19(22,16-9-3-2-4-10-16)21-12-7-13-23-18(20)21/h2-6,8-11,22H,7,12-14H2,1H3/q+1. The third-order valence-corrected chi connectivity index (χ3v) is 5.88. The molecule has 0 spiro atoms. The molecule has 1 unspecified atom stereocenters. The Balaban J connectivity index is 1.83. The van der Waals surface area contributed by atoms with Crippen molar-refractivity contribution in [1.29, 1.82) is 0 Å². The lowest BCUT2D eigenvalue weighted by atomic mass is 10.0. The number of aryl methyl sites for hydroxylation is 1. The maximum Gasteiger partial charge on any atom is 0.316 e. The van der Waals surface area contributed by atoms with Gasteiger partial charge in [0.2, 0.25) is 0 Å². The summed E-state index contributed by atoms with van der Waals surface area (Å²) < 4.78 is 2.18. The highest BCUT2D eigenvalue weighted by Gasteiger charge is 2.53. The Hall–Kier alpha value is -1.78. The van der Waals surface area contributed by atoms with Gasteiger partial charge in [0, 0.05) is 11.3 Å². The van der Waals surface area contributed by atoms with Crippen molar-refractivity contribution in [2.24, 2.45) is 0 Å². The second-order valence-electron chi connectivity index (χ2n) is 6.19. The van der Waals surface area contributed by atoms with E-state index in [1.165, 1.54) is 16.4 Å². The van der Waals surface area contributed by atoms with Gasteiger partial charge in [-0.2, -0.15) is 0 Å². The smallest absolute Gasteiger partial charge is 0.316 e. The molecule has 0 aliphatic carbocycles. The number of β-amino-alcohol motifs (C(OH)–C–C–N with tert-alkyl or cyclic N) is 1. The number of nitrogens with zero attached hydrogens (tertiary/aromatic N) is 2. The Bertz CT molecular complexity index is 759. The number of rotatable bonds is 2. The van der Waals surface area contributed by atoms with Crippen LogP contribution < -0.4 is 4.90 Å². The van der Waals surface area contributed by atoms with Crippen molar-refractivity contribution in [3.63, 3.8) is 0 Å². The fraction of sp³-hybridized carbons (Fsp3) is 0.316. The summed E-state index contributed by atoms with van der Waals surface area (Å²) in [5.41, 5.74) is 2.44. The lowest BCUT2D eigenvalue weighted by molar-refractivity contribution is -0.656. The molecule has 2 heterocycles. The predicted molar refractivity (Wildman–Crippen MR) is 96.1 cm³/mol. The first-order chi connectivity index (χ1) is 11.2. The van der Waals surface area contributed by atoms with Gasteiger partial charge in [0.1, 0.15) is 5.69 Å². The molecule has 1 N–H and O–H groups in total. The van der Waals surface area contributed by atoms with Crippen LogP contribution >= 0.6 is 11.8 Å². The van der Waals surface area contributed by atoms with Crippen LogP contribution in [0.4, 0.5) is 5.69 Å².